The fraction of sp³-hybridized carbons (Fsp3) is 0.625. The Morgan fingerprint density at radius 3 is 2.32 bits per heavy atom. The molecule has 0 saturated carbocycles. The first kappa shape index (κ1) is 16.3. The van der Waals surface area contributed by atoms with Gasteiger partial charge in [0, 0.05) is 35.4 Å². The molecule has 0 aliphatic carbocycles. The average molecular weight is 283 g/mol. The lowest BCUT2D eigenvalue weighted by molar-refractivity contribution is 0.158. The number of halogens is 1. The van der Waals surface area contributed by atoms with Crippen molar-refractivity contribution >= 4 is 17.3 Å². The lowest BCUT2D eigenvalue weighted by Crippen LogP contribution is -2.37. The van der Waals surface area contributed by atoms with Crippen LogP contribution in [0.2, 0.25) is 5.02 Å². The Bertz CT molecular complexity index is 366. The summed E-state index contributed by atoms with van der Waals surface area (Å²) in [6, 6.07) is 6.36. The molecule has 0 aliphatic heterocycles. The molecule has 0 unspecified atom stereocenters. The van der Waals surface area contributed by atoms with Crippen LogP contribution < -0.4 is 5.73 Å². The quantitative estimate of drug-likeness (QED) is 0.742. The predicted molar refractivity (Wildman–Crippen MR) is 85.5 cm³/mol. The summed E-state index contributed by atoms with van der Waals surface area (Å²) in [6.07, 6.45) is 2.32. The zero-order valence-electron chi connectivity index (χ0n) is 12.6. The van der Waals surface area contributed by atoms with Gasteiger partial charge in [-0.15, -0.1) is 0 Å². The van der Waals surface area contributed by atoms with Crippen LogP contribution in [-0.4, -0.2) is 17.5 Å². The summed E-state index contributed by atoms with van der Waals surface area (Å²) in [5.74, 6) is 0.643. The number of nitrogen functional groups attached to an aromatic ring is 1. The Kier molecular flexibility index (Phi) is 6.67. The van der Waals surface area contributed by atoms with Crippen molar-refractivity contribution in [1.29, 1.82) is 0 Å². The first-order valence-corrected chi connectivity index (χ1v) is 7.64. The lowest BCUT2D eigenvalue weighted by Gasteiger charge is -2.32. The fourth-order valence-electron chi connectivity index (χ4n) is 2.56. The van der Waals surface area contributed by atoms with Crippen molar-refractivity contribution in [2.75, 3.05) is 12.3 Å². The highest BCUT2D eigenvalue weighted by atomic mass is 35.5. The summed E-state index contributed by atoms with van der Waals surface area (Å²) in [5, 5.41) is 0.778. The summed E-state index contributed by atoms with van der Waals surface area (Å²) >= 11 is 6.29. The largest absolute Gasteiger partial charge is 0.398 e. The van der Waals surface area contributed by atoms with Gasteiger partial charge in [0.2, 0.25) is 0 Å². The Balaban J connectivity index is 2.93. The second kappa shape index (κ2) is 7.76. The van der Waals surface area contributed by atoms with Crippen LogP contribution in [0.5, 0.6) is 0 Å². The van der Waals surface area contributed by atoms with E-state index in [0.717, 1.165) is 42.2 Å². The molecule has 0 bridgehead atoms. The van der Waals surface area contributed by atoms with Crippen molar-refractivity contribution in [3.05, 3.63) is 28.8 Å². The van der Waals surface area contributed by atoms with E-state index in [9.17, 15) is 0 Å². The fourth-order valence-corrected chi connectivity index (χ4v) is 2.80. The van der Waals surface area contributed by atoms with Crippen molar-refractivity contribution in [3.8, 4) is 0 Å². The molecular formula is C16H27ClN2. The molecule has 3 heteroatoms. The molecule has 1 aromatic carbocycles. The summed E-state index contributed by atoms with van der Waals surface area (Å²) < 4.78 is 0. The van der Waals surface area contributed by atoms with Gasteiger partial charge in [0.15, 0.2) is 0 Å². The van der Waals surface area contributed by atoms with Crippen molar-refractivity contribution in [3.63, 3.8) is 0 Å². The Hall–Kier alpha value is -0.730. The van der Waals surface area contributed by atoms with Gasteiger partial charge in [0.05, 0.1) is 0 Å². The Morgan fingerprint density at radius 1 is 1.21 bits per heavy atom. The smallest absolute Gasteiger partial charge is 0.0471 e. The van der Waals surface area contributed by atoms with Gasteiger partial charge in [-0.05, 0) is 30.9 Å². The van der Waals surface area contributed by atoms with E-state index in [1.165, 1.54) is 0 Å². The molecule has 0 spiro atoms. The van der Waals surface area contributed by atoms with Gasteiger partial charge in [-0.2, -0.15) is 0 Å². The van der Waals surface area contributed by atoms with Gasteiger partial charge in [-0.3, -0.25) is 4.90 Å². The van der Waals surface area contributed by atoms with E-state index in [0.29, 0.717) is 12.0 Å². The maximum atomic E-state index is 6.29. The van der Waals surface area contributed by atoms with Crippen LogP contribution in [0.1, 0.15) is 46.1 Å². The highest BCUT2D eigenvalue weighted by Crippen LogP contribution is 2.25. The molecule has 1 aromatic rings. The molecule has 2 nitrogen and oxygen atoms in total. The molecule has 2 N–H and O–H groups in total. The van der Waals surface area contributed by atoms with Gasteiger partial charge < -0.3 is 5.73 Å². The van der Waals surface area contributed by atoms with Gasteiger partial charge in [-0.25, -0.2) is 0 Å². The third-order valence-electron chi connectivity index (χ3n) is 3.57. The number of hydrogen-bond acceptors (Lipinski definition) is 2. The van der Waals surface area contributed by atoms with Crippen molar-refractivity contribution in [2.24, 2.45) is 5.92 Å². The number of nitrogens with zero attached hydrogens (tertiary/aromatic N) is 1. The normalized spacial score (nSPS) is 11.8. The maximum Gasteiger partial charge on any atom is 0.0471 e. The number of benzene rings is 1. The predicted octanol–water partition coefficient (Wildman–Crippen LogP) is 4.57. The van der Waals surface area contributed by atoms with Crippen LogP contribution in [0.4, 0.5) is 5.69 Å². The highest BCUT2D eigenvalue weighted by Gasteiger charge is 2.18. The van der Waals surface area contributed by atoms with E-state index in [1.807, 2.05) is 18.2 Å². The van der Waals surface area contributed by atoms with Crippen molar-refractivity contribution in [1.82, 2.24) is 4.90 Å². The van der Waals surface area contributed by atoms with Gasteiger partial charge >= 0.3 is 0 Å². The molecule has 0 aromatic heterocycles. The van der Waals surface area contributed by atoms with E-state index in [1.54, 1.807) is 0 Å². The molecular weight excluding hydrogens is 256 g/mol. The van der Waals surface area contributed by atoms with E-state index in [-0.39, 0.29) is 0 Å². The molecule has 0 heterocycles. The Morgan fingerprint density at radius 2 is 1.84 bits per heavy atom. The number of rotatable bonds is 7. The van der Waals surface area contributed by atoms with Crippen molar-refractivity contribution in [2.45, 2.75) is 53.1 Å². The summed E-state index contributed by atoms with van der Waals surface area (Å²) in [5.41, 5.74) is 7.94. The second-order valence-electron chi connectivity index (χ2n) is 5.60. The van der Waals surface area contributed by atoms with E-state index >= 15 is 0 Å². The second-order valence-corrected chi connectivity index (χ2v) is 6.01. The van der Waals surface area contributed by atoms with Crippen LogP contribution in [0.15, 0.2) is 18.2 Å². The standard InChI is InChI=1S/C16H27ClN2/c1-5-13(6-2)19(10-12(3)4)11-14-15(17)8-7-9-16(14)18/h7-9,12-13H,5-6,10-11,18H2,1-4H3. The van der Waals surface area contributed by atoms with Crippen LogP contribution in [0.25, 0.3) is 0 Å². The number of anilines is 1. The SMILES string of the molecule is CCC(CC)N(Cc1c(N)cccc1Cl)CC(C)C. The molecule has 1 rings (SSSR count). The maximum absolute atomic E-state index is 6.29. The third-order valence-corrected chi connectivity index (χ3v) is 3.93. The Labute approximate surface area is 122 Å². The molecule has 19 heavy (non-hydrogen) atoms. The van der Waals surface area contributed by atoms with Crippen LogP contribution in [0, 0.1) is 5.92 Å². The van der Waals surface area contributed by atoms with Gasteiger partial charge in [0.25, 0.3) is 0 Å². The van der Waals surface area contributed by atoms with E-state index < -0.39 is 0 Å². The molecule has 0 aliphatic rings. The molecule has 0 fully saturated rings. The number of nitrogens with two attached hydrogens (primary N) is 1. The summed E-state index contributed by atoms with van der Waals surface area (Å²) in [4.78, 5) is 2.52. The van der Waals surface area contributed by atoms with E-state index in [2.05, 4.69) is 32.6 Å². The first-order valence-electron chi connectivity index (χ1n) is 7.26. The summed E-state index contributed by atoms with van der Waals surface area (Å²) in [7, 11) is 0. The van der Waals surface area contributed by atoms with Crippen LogP contribution in [0.3, 0.4) is 0 Å². The molecule has 0 amide bonds. The minimum Gasteiger partial charge on any atom is -0.398 e. The third kappa shape index (κ3) is 4.70. The molecule has 0 saturated heterocycles. The molecule has 0 radical (unpaired) electrons. The monoisotopic (exact) mass is 282 g/mol. The number of hydrogen-bond donors (Lipinski definition) is 1. The molecule has 0 atom stereocenters. The zero-order valence-corrected chi connectivity index (χ0v) is 13.4. The topological polar surface area (TPSA) is 29.3 Å². The minimum atomic E-state index is 0.595. The van der Waals surface area contributed by atoms with Gasteiger partial charge in [0.1, 0.15) is 0 Å². The average Bonchev–Trinajstić information content (AvgIpc) is 2.34. The van der Waals surface area contributed by atoms with Gasteiger partial charge in [-0.1, -0.05) is 45.4 Å². The van der Waals surface area contributed by atoms with E-state index in [4.69, 9.17) is 17.3 Å². The zero-order chi connectivity index (χ0) is 14.4. The highest BCUT2D eigenvalue weighted by molar-refractivity contribution is 6.31. The lowest BCUT2D eigenvalue weighted by atomic mass is 10.1. The summed E-state index contributed by atoms with van der Waals surface area (Å²) in [6.45, 7) is 10.9. The van der Waals surface area contributed by atoms with Crippen molar-refractivity contribution < 1.29 is 0 Å². The molecule has 108 valence electrons. The minimum absolute atomic E-state index is 0.595. The van der Waals surface area contributed by atoms with Crippen LogP contribution >= 0.6 is 11.6 Å². The first-order chi connectivity index (χ1) is 8.99. The van der Waals surface area contributed by atoms with Crippen LogP contribution in [-0.2, 0) is 6.54 Å².